The molecule has 0 aliphatic rings. The molecule has 0 saturated carbocycles. The number of aromatic nitrogens is 2. The maximum absolute atomic E-state index is 12.3. The van der Waals surface area contributed by atoms with Gasteiger partial charge in [0.25, 0.3) is 5.91 Å². The van der Waals surface area contributed by atoms with E-state index in [-0.39, 0.29) is 18.6 Å². The van der Waals surface area contributed by atoms with E-state index in [2.05, 4.69) is 10.4 Å². The van der Waals surface area contributed by atoms with Gasteiger partial charge in [0.2, 0.25) is 0 Å². The first kappa shape index (κ1) is 17.7. The molecule has 1 amide bonds. The minimum Gasteiger partial charge on any atom is -0.452 e. The van der Waals surface area contributed by atoms with Crippen molar-refractivity contribution in [2.45, 2.75) is 40.2 Å². The Labute approximate surface area is 141 Å². The van der Waals surface area contributed by atoms with E-state index in [1.165, 1.54) is 0 Å². The first-order valence-corrected chi connectivity index (χ1v) is 8.02. The molecule has 0 aliphatic heterocycles. The van der Waals surface area contributed by atoms with Gasteiger partial charge in [0, 0.05) is 6.04 Å². The Bertz CT molecular complexity index is 723. The molecular formula is C18H23N3O3. The second kappa shape index (κ2) is 7.77. The Morgan fingerprint density at radius 1 is 1.25 bits per heavy atom. The number of esters is 1. The van der Waals surface area contributed by atoms with Gasteiger partial charge in [-0.05, 0) is 39.3 Å². The van der Waals surface area contributed by atoms with Gasteiger partial charge in [0.1, 0.15) is 5.56 Å². The lowest BCUT2D eigenvalue weighted by Gasteiger charge is -2.11. The molecule has 0 fully saturated rings. The molecule has 2 rings (SSSR count). The Morgan fingerprint density at radius 2 is 1.92 bits per heavy atom. The average molecular weight is 329 g/mol. The molecule has 1 aromatic heterocycles. The van der Waals surface area contributed by atoms with Gasteiger partial charge in [-0.2, -0.15) is 5.10 Å². The number of aryl methyl sites for hydroxylation is 1. The Hall–Kier alpha value is -2.63. The van der Waals surface area contributed by atoms with Gasteiger partial charge in [-0.3, -0.25) is 4.79 Å². The summed E-state index contributed by atoms with van der Waals surface area (Å²) in [6.07, 6.45) is 0.821. The van der Waals surface area contributed by atoms with Crippen LogP contribution in [0.1, 0.15) is 42.0 Å². The number of hydrogen-bond donors (Lipinski definition) is 1. The topological polar surface area (TPSA) is 73.2 Å². The van der Waals surface area contributed by atoms with Crippen LogP contribution in [-0.2, 0) is 9.53 Å². The van der Waals surface area contributed by atoms with E-state index < -0.39 is 5.97 Å². The second-order valence-electron chi connectivity index (χ2n) is 5.75. The zero-order chi connectivity index (χ0) is 17.7. The maximum atomic E-state index is 12.3. The van der Waals surface area contributed by atoms with Crippen molar-refractivity contribution in [1.29, 1.82) is 0 Å². The number of benzene rings is 1. The van der Waals surface area contributed by atoms with Gasteiger partial charge in [-0.1, -0.05) is 25.1 Å². The predicted octanol–water partition coefficient (Wildman–Crippen LogP) is 2.56. The fraction of sp³-hybridized carbons (Fsp3) is 0.389. The number of hydrogen-bond acceptors (Lipinski definition) is 4. The van der Waals surface area contributed by atoms with E-state index in [9.17, 15) is 9.59 Å². The van der Waals surface area contributed by atoms with Crippen molar-refractivity contribution in [3.8, 4) is 5.69 Å². The molecule has 0 bridgehead atoms. The van der Waals surface area contributed by atoms with E-state index in [1.54, 1.807) is 11.6 Å². The van der Waals surface area contributed by atoms with Crippen LogP contribution in [0, 0.1) is 13.8 Å². The van der Waals surface area contributed by atoms with Gasteiger partial charge >= 0.3 is 5.97 Å². The smallest absolute Gasteiger partial charge is 0.342 e. The fourth-order valence-electron chi connectivity index (χ4n) is 2.38. The molecule has 128 valence electrons. The summed E-state index contributed by atoms with van der Waals surface area (Å²) in [5, 5.41) is 7.17. The van der Waals surface area contributed by atoms with Crippen molar-refractivity contribution in [3.63, 3.8) is 0 Å². The van der Waals surface area contributed by atoms with Crippen LogP contribution >= 0.6 is 0 Å². The molecule has 1 N–H and O–H groups in total. The van der Waals surface area contributed by atoms with Crippen molar-refractivity contribution >= 4 is 11.9 Å². The first-order chi connectivity index (χ1) is 11.4. The van der Waals surface area contributed by atoms with Gasteiger partial charge in [-0.25, -0.2) is 9.48 Å². The predicted molar refractivity (Wildman–Crippen MR) is 91.2 cm³/mol. The Kier molecular flexibility index (Phi) is 5.73. The van der Waals surface area contributed by atoms with Crippen LogP contribution in [0.3, 0.4) is 0 Å². The molecule has 1 aromatic carbocycles. The highest BCUT2D eigenvalue weighted by Crippen LogP contribution is 2.18. The number of amides is 1. The average Bonchev–Trinajstić information content (AvgIpc) is 2.88. The summed E-state index contributed by atoms with van der Waals surface area (Å²) in [7, 11) is 0. The zero-order valence-corrected chi connectivity index (χ0v) is 14.5. The number of carbonyl (C=O) groups is 2. The Balaban J connectivity index is 2.11. The largest absolute Gasteiger partial charge is 0.452 e. The summed E-state index contributed by atoms with van der Waals surface area (Å²) in [6.45, 7) is 7.14. The zero-order valence-electron chi connectivity index (χ0n) is 14.5. The van der Waals surface area contributed by atoms with Crippen LogP contribution in [0.15, 0.2) is 30.3 Å². The quantitative estimate of drug-likeness (QED) is 0.827. The van der Waals surface area contributed by atoms with Crippen LogP contribution in [-0.4, -0.2) is 34.3 Å². The van der Waals surface area contributed by atoms with Crippen LogP contribution in [0.4, 0.5) is 0 Å². The van der Waals surface area contributed by atoms with Crippen LogP contribution < -0.4 is 5.32 Å². The summed E-state index contributed by atoms with van der Waals surface area (Å²) in [5.41, 5.74) is 2.52. The highest BCUT2D eigenvalue weighted by atomic mass is 16.5. The SMILES string of the molecule is CCC(C)NC(=O)COC(=O)c1c(C)nn(-c2ccccc2)c1C. The van der Waals surface area contributed by atoms with Crippen molar-refractivity contribution in [2.24, 2.45) is 0 Å². The number of carbonyl (C=O) groups excluding carboxylic acids is 2. The molecule has 0 aliphatic carbocycles. The van der Waals surface area contributed by atoms with Gasteiger partial charge in [-0.15, -0.1) is 0 Å². The van der Waals surface area contributed by atoms with E-state index in [4.69, 9.17) is 4.74 Å². The summed E-state index contributed by atoms with van der Waals surface area (Å²) in [5.74, 6) is -0.838. The number of para-hydroxylation sites is 1. The third-order valence-electron chi connectivity index (χ3n) is 3.85. The number of rotatable bonds is 6. The molecule has 6 heteroatoms. The number of nitrogens with zero attached hydrogens (tertiary/aromatic N) is 2. The lowest BCUT2D eigenvalue weighted by atomic mass is 10.2. The number of ether oxygens (including phenoxy) is 1. The van der Waals surface area contributed by atoms with Crippen molar-refractivity contribution in [1.82, 2.24) is 15.1 Å². The lowest BCUT2D eigenvalue weighted by molar-refractivity contribution is -0.124. The van der Waals surface area contributed by atoms with E-state index in [1.807, 2.05) is 51.1 Å². The highest BCUT2D eigenvalue weighted by Gasteiger charge is 2.21. The summed E-state index contributed by atoms with van der Waals surface area (Å²) >= 11 is 0. The van der Waals surface area contributed by atoms with Gasteiger partial charge < -0.3 is 10.1 Å². The second-order valence-corrected chi connectivity index (χ2v) is 5.75. The van der Waals surface area contributed by atoms with Crippen LogP contribution in [0.5, 0.6) is 0 Å². The standard InChI is InChI=1S/C18H23N3O3/c1-5-12(2)19-16(22)11-24-18(23)17-13(3)20-21(14(17)4)15-9-7-6-8-10-15/h6-10,12H,5,11H2,1-4H3,(H,19,22). The molecule has 24 heavy (non-hydrogen) atoms. The van der Waals surface area contributed by atoms with Crippen molar-refractivity contribution in [3.05, 3.63) is 47.3 Å². The third-order valence-corrected chi connectivity index (χ3v) is 3.85. The Morgan fingerprint density at radius 3 is 2.54 bits per heavy atom. The molecule has 2 aromatic rings. The monoisotopic (exact) mass is 329 g/mol. The van der Waals surface area contributed by atoms with E-state index in [0.717, 1.165) is 12.1 Å². The molecule has 6 nitrogen and oxygen atoms in total. The fourth-order valence-corrected chi connectivity index (χ4v) is 2.38. The minimum atomic E-state index is -0.536. The van der Waals surface area contributed by atoms with Crippen LogP contribution in [0.25, 0.3) is 5.69 Å². The van der Waals surface area contributed by atoms with Crippen molar-refractivity contribution < 1.29 is 14.3 Å². The third kappa shape index (κ3) is 4.01. The lowest BCUT2D eigenvalue weighted by Crippen LogP contribution is -2.35. The summed E-state index contributed by atoms with van der Waals surface area (Å²) in [6, 6.07) is 9.61. The number of nitrogens with one attached hydrogen (secondary N) is 1. The molecule has 1 unspecified atom stereocenters. The summed E-state index contributed by atoms with van der Waals surface area (Å²) in [4.78, 5) is 24.1. The molecule has 0 spiro atoms. The molecule has 0 saturated heterocycles. The highest BCUT2D eigenvalue weighted by molar-refractivity contribution is 5.93. The van der Waals surface area contributed by atoms with Gasteiger partial charge in [0.05, 0.1) is 17.1 Å². The maximum Gasteiger partial charge on any atom is 0.342 e. The normalized spacial score (nSPS) is 11.8. The van der Waals surface area contributed by atoms with Crippen LogP contribution in [0.2, 0.25) is 0 Å². The van der Waals surface area contributed by atoms with E-state index in [0.29, 0.717) is 17.0 Å². The first-order valence-electron chi connectivity index (χ1n) is 8.02. The van der Waals surface area contributed by atoms with Gasteiger partial charge in [0.15, 0.2) is 6.61 Å². The molecule has 1 atom stereocenters. The molecule has 0 radical (unpaired) electrons. The minimum absolute atomic E-state index is 0.0560. The van der Waals surface area contributed by atoms with E-state index >= 15 is 0 Å². The van der Waals surface area contributed by atoms with Crippen molar-refractivity contribution in [2.75, 3.05) is 6.61 Å². The molecule has 1 heterocycles. The molecular weight excluding hydrogens is 306 g/mol. The summed E-state index contributed by atoms with van der Waals surface area (Å²) < 4.78 is 6.84.